The molecular weight excluding hydrogens is 328 g/mol. The zero-order valence-electron chi connectivity index (χ0n) is 12.5. The highest BCUT2D eigenvalue weighted by Crippen LogP contribution is 2.13. The van der Waals surface area contributed by atoms with Gasteiger partial charge in [-0.05, 0) is 4.92 Å². The topological polar surface area (TPSA) is 138 Å². The summed E-state index contributed by atoms with van der Waals surface area (Å²) in [6.07, 6.45) is 1.96. The van der Waals surface area contributed by atoms with Crippen LogP contribution in [0, 0.1) is 10.1 Å². The third-order valence-electron chi connectivity index (χ3n) is 3.40. The number of morpholine rings is 1. The fraction of sp³-hybridized carbons (Fsp3) is 0.727. The van der Waals surface area contributed by atoms with Crippen molar-refractivity contribution in [1.82, 2.24) is 14.5 Å². The van der Waals surface area contributed by atoms with Crippen molar-refractivity contribution in [3.8, 4) is 0 Å². The number of hydrogen-bond acceptors (Lipinski definition) is 9. The maximum absolute atomic E-state index is 11.1. The van der Waals surface area contributed by atoms with Gasteiger partial charge < -0.3 is 14.9 Å². The number of rotatable bonds is 8. The van der Waals surface area contributed by atoms with Crippen molar-refractivity contribution >= 4 is 16.8 Å². The van der Waals surface area contributed by atoms with Crippen LogP contribution in [-0.2, 0) is 32.9 Å². The first kappa shape index (κ1) is 17.7. The molecule has 1 aliphatic rings. The molecule has 130 valence electrons. The van der Waals surface area contributed by atoms with Crippen LogP contribution in [0.5, 0.6) is 0 Å². The van der Waals surface area contributed by atoms with Crippen molar-refractivity contribution in [2.75, 3.05) is 39.4 Å². The first-order valence-electron chi connectivity index (χ1n) is 7.12. The van der Waals surface area contributed by atoms with Crippen molar-refractivity contribution < 1.29 is 18.2 Å². The molecule has 0 saturated carbocycles. The Morgan fingerprint density at radius 2 is 2.22 bits per heavy atom. The molecule has 0 bridgehead atoms. The molecule has 0 radical (unpaired) electrons. The summed E-state index contributed by atoms with van der Waals surface area (Å²) in [5, 5.41) is 11.1. The Hall–Kier alpha value is -1.60. The lowest BCUT2D eigenvalue weighted by molar-refractivity contribution is -0.396. The normalized spacial score (nSPS) is 17.4. The minimum absolute atomic E-state index is 0.171. The molecular formula is C11H20N6O5S. The second-order valence-electron chi connectivity index (χ2n) is 4.90. The van der Waals surface area contributed by atoms with Crippen molar-refractivity contribution in [3.05, 3.63) is 22.0 Å². The molecule has 2 N–H and O–H groups in total. The van der Waals surface area contributed by atoms with Gasteiger partial charge in [0.2, 0.25) is 0 Å². The molecule has 1 saturated heterocycles. The van der Waals surface area contributed by atoms with E-state index in [0.29, 0.717) is 38.4 Å². The molecule has 1 unspecified atom stereocenters. The molecule has 1 aromatic heterocycles. The van der Waals surface area contributed by atoms with Gasteiger partial charge in [-0.2, -0.15) is 10.2 Å². The van der Waals surface area contributed by atoms with Crippen LogP contribution in [0.2, 0.25) is 0 Å². The fourth-order valence-corrected chi connectivity index (χ4v) is 2.57. The van der Waals surface area contributed by atoms with Gasteiger partial charge >= 0.3 is 5.95 Å². The molecule has 1 aromatic rings. The van der Waals surface area contributed by atoms with E-state index in [1.165, 1.54) is 4.57 Å². The van der Waals surface area contributed by atoms with E-state index in [0.717, 1.165) is 13.1 Å². The van der Waals surface area contributed by atoms with E-state index in [-0.39, 0.29) is 12.5 Å². The van der Waals surface area contributed by atoms with E-state index in [9.17, 15) is 14.3 Å². The van der Waals surface area contributed by atoms with Crippen molar-refractivity contribution in [1.29, 1.82) is 0 Å². The van der Waals surface area contributed by atoms with Gasteiger partial charge in [0.05, 0.1) is 26.3 Å². The first-order chi connectivity index (χ1) is 11.1. The van der Waals surface area contributed by atoms with Gasteiger partial charge in [-0.15, -0.1) is 0 Å². The van der Waals surface area contributed by atoms with Gasteiger partial charge in [-0.3, -0.25) is 4.90 Å². The second kappa shape index (κ2) is 8.88. The quantitative estimate of drug-likeness (QED) is 0.351. The molecule has 2 rings (SSSR count). The SMILES string of the molecule is NO[SH](=O)=NCCc1cn(CCN2CCOCC2)c([N+](=O)[O-])n1. The van der Waals surface area contributed by atoms with Gasteiger partial charge in [0.25, 0.3) is 0 Å². The highest BCUT2D eigenvalue weighted by molar-refractivity contribution is 7.69. The Bertz CT molecular complexity index is 608. The Labute approximate surface area is 134 Å². The number of nitrogens with two attached hydrogens (primary N) is 1. The van der Waals surface area contributed by atoms with Crippen LogP contribution < -0.4 is 5.90 Å². The largest absolute Gasteiger partial charge is 0.434 e. The van der Waals surface area contributed by atoms with E-state index in [1.54, 1.807) is 6.20 Å². The third kappa shape index (κ3) is 5.51. The Balaban J connectivity index is 1.97. The van der Waals surface area contributed by atoms with E-state index >= 15 is 0 Å². The molecule has 0 aliphatic carbocycles. The molecule has 2 heterocycles. The summed E-state index contributed by atoms with van der Waals surface area (Å²) in [5.41, 5.74) is 0.517. The number of aromatic nitrogens is 2. The molecule has 1 fully saturated rings. The number of hydrogen-bond donors (Lipinski definition) is 2. The number of nitro groups is 1. The fourth-order valence-electron chi connectivity index (χ4n) is 2.24. The lowest BCUT2D eigenvalue weighted by atomic mass is 10.3. The smallest absolute Gasteiger partial charge is 0.390 e. The van der Waals surface area contributed by atoms with Crippen LogP contribution in [0.3, 0.4) is 0 Å². The summed E-state index contributed by atoms with van der Waals surface area (Å²) in [4.78, 5) is 16.8. The minimum atomic E-state index is -2.24. The average molecular weight is 348 g/mol. The Kier molecular flexibility index (Phi) is 6.85. The number of imidazole rings is 1. The first-order valence-corrected chi connectivity index (χ1v) is 8.25. The van der Waals surface area contributed by atoms with Crippen molar-refractivity contribution in [2.24, 2.45) is 10.3 Å². The minimum Gasteiger partial charge on any atom is -0.390 e. The maximum Gasteiger partial charge on any atom is 0.434 e. The Morgan fingerprint density at radius 3 is 2.87 bits per heavy atom. The maximum atomic E-state index is 11.1. The van der Waals surface area contributed by atoms with Gasteiger partial charge in [-0.1, -0.05) is 4.98 Å². The van der Waals surface area contributed by atoms with Gasteiger partial charge in [0.1, 0.15) is 6.20 Å². The molecule has 12 heteroatoms. The molecule has 23 heavy (non-hydrogen) atoms. The predicted octanol–water partition coefficient (Wildman–Crippen LogP) is -0.864. The van der Waals surface area contributed by atoms with Crippen LogP contribution in [0.4, 0.5) is 5.95 Å². The van der Waals surface area contributed by atoms with E-state index in [4.69, 9.17) is 10.6 Å². The number of thiol groups is 1. The lowest BCUT2D eigenvalue weighted by Gasteiger charge is -2.25. The molecule has 11 nitrogen and oxygen atoms in total. The third-order valence-corrected chi connectivity index (χ3v) is 4.01. The summed E-state index contributed by atoms with van der Waals surface area (Å²) in [5.74, 6) is 4.53. The van der Waals surface area contributed by atoms with Crippen LogP contribution in [-0.4, -0.2) is 63.0 Å². The van der Waals surface area contributed by atoms with Crippen LogP contribution >= 0.6 is 0 Å². The zero-order chi connectivity index (χ0) is 16.7. The lowest BCUT2D eigenvalue weighted by Crippen LogP contribution is -2.38. The standard InChI is InChI=1S/C11H20N6O5S/c12-22-23(20)13-2-1-10-9-16(11(14-10)17(18)19)4-3-15-5-7-21-8-6-15/h9,23H,1-8,12H2. The van der Waals surface area contributed by atoms with E-state index < -0.39 is 15.8 Å². The highest BCUT2D eigenvalue weighted by Gasteiger charge is 2.20. The summed E-state index contributed by atoms with van der Waals surface area (Å²) < 4.78 is 25.4. The van der Waals surface area contributed by atoms with Crippen LogP contribution in [0.15, 0.2) is 10.6 Å². The molecule has 0 amide bonds. The second-order valence-corrected chi connectivity index (χ2v) is 5.86. The summed E-state index contributed by atoms with van der Waals surface area (Å²) in [7, 11) is -2.24. The number of ether oxygens (including phenoxy) is 1. The van der Waals surface area contributed by atoms with Crippen LogP contribution in [0.25, 0.3) is 0 Å². The Morgan fingerprint density at radius 1 is 1.48 bits per heavy atom. The molecule has 0 spiro atoms. The van der Waals surface area contributed by atoms with Gasteiger partial charge in [-0.25, -0.2) is 13.1 Å². The summed E-state index contributed by atoms with van der Waals surface area (Å²) in [6.45, 7) is 4.34. The van der Waals surface area contributed by atoms with Crippen LogP contribution in [0.1, 0.15) is 5.69 Å². The van der Waals surface area contributed by atoms with Gasteiger partial charge in [0, 0.05) is 26.1 Å². The monoisotopic (exact) mass is 348 g/mol. The van der Waals surface area contributed by atoms with E-state index in [1.807, 2.05) is 0 Å². The molecule has 1 aliphatic heterocycles. The predicted molar refractivity (Wildman–Crippen MR) is 81.9 cm³/mol. The van der Waals surface area contributed by atoms with E-state index in [2.05, 4.69) is 18.5 Å². The summed E-state index contributed by atoms with van der Waals surface area (Å²) in [6, 6.07) is 0. The van der Waals surface area contributed by atoms with Gasteiger partial charge in [0.15, 0.2) is 16.6 Å². The van der Waals surface area contributed by atoms with Crippen molar-refractivity contribution in [2.45, 2.75) is 13.0 Å². The summed E-state index contributed by atoms with van der Waals surface area (Å²) >= 11 is 0. The van der Waals surface area contributed by atoms with Crippen molar-refractivity contribution in [3.63, 3.8) is 0 Å². The zero-order valence-corrected chi connectivity index (χ0v) is 13.4. The highest BCUT2D eigenvalue weighted by atomic mass is 32.2. The molecule has 0 aromatic carbocycles. The average Bonchev–Trinajstić information content (AvgIpc) is 2.97. The molecule has 1 atom stereocenters. The number of nitrogens with zero attached hydrogens (tertiary/aromatic N) is 5.